The van der Waals surface area contributed by atoms with Gasteiger partial charge in [0.15, 0.2) is 0 Å². The van der Waals surface area contributed by atoms with Crippen LogP contribution in [0, 0.1) is 0 Å². The highest BCUT2D eigenvalue weighted by Crippen LogP contribution is 2.30. The number of benzene rings is 1. The molecule has 2 nitrogen and oxygen atoms in total. The first-order valence-corrected chi connectivity index (χ1v) is 8.25. The third kappa shape index (κ3) is 4.34. The molecule has 23 heavy (non-hydrogen) atoms. The molecule has 0 saturated carbocycles. The van der Waals surface area contributed by atoms with Gasteiger partial charge in [0.1, 0.15) is 5.75 Å². The van der Waals surface area contributed by atoms with Crippen LogP contribution in [0.4, 0.5) is 0 Å². The van der Waals surface area contributed by atoms with Crippen molar-refractivity contribution >= 4 is 0 Å². The van der Waals surface area contributed by atoms with Crippen molar-refractivity contribution in [3.05, 3.63) is 58.9 Å². The molecule has 0 aliphatic heterocycles. The topological polar surface area (TPSA) is 22.1 Å². The molecule has 0 unspecified atom stereocenters. The van der Waals surface area contributed by atoms with E-state index in [0.29, 0.717) is 0 Å². The van der Waals surface area contributed by atoms with Gasteiger partial charge >= 0.3 is 0 Å². The summed E-state index contributed by atoms with van der Waals surface area (Å²) in [5.41, 5.74) is 5.05. The Morgan fingerprint density at radius 2 is 1.43 bits per heavy atom. The molecule has 1 aromatic heterocycles. The molecule has 2 aromatic rings. The van der Waals surface area contributed by atoms with Gasteiger partial charge in [-0.3, -0.25) is 4.98 Å². The fraction of sp³-hybridized carbons (Fsp3) is 0.476. The summed E-state index contributed by atoms with van der Waals surface area (Å²) in [5.74, 6) is 0.890. The van der Waals surface area contributed by atoms with Crippen LogP contribution >= 0.6 is 0 Å². The SMILES string of the molecule is COc1ccc(Cc2nc(C(C)(C)C)ccc2C(C)(C)C)cc1. The zero-order chi connectivity index (χ0) is 17.3. The van der Waals surface area contributed by atoms with E-state index in [0.717, 1.165) is 17.9 Å². The summed E-state index contributed by atoms with van der Waals surface area (Å²) in [4.78, 5) is 5.02. The maximum Gasteiger partial charge on any atom is 0.118 e. The van der Waals surface area contributed by atoms with Crippen molar-refractivity contribution in [2.75, 3.05) is 7.11 Å². The molecular weight excluding hydrogens is 282 g/mol. The summed E-state index contributed by atoms with van der Waals surface area (Å²) < 4.78 is 5.25. The van der Waals surface area contributed by atoms with E-state index in [2.05, 4.69) is 65.8 Å². The first-order chi connectivity index (χ1) is 10.6. The predicted octanol–water partition coefficient (Wildman–Crippen LogP) is 5.28. The second kappa shape index (κ2) is 6.35. The van der Waals surface area contributed by atoms with Crippen LogP contribution in [0.25, 0.3) is 0 Å². The van der Waals surface area contributed by atoms with E-state index in [9.17, 15) is 0 Å². The lowest BCUT2D eigenvalue weighted by Gasteiger charge is -2.26. The van der Waals surface area contributed by atoms with Gasteiger partial charge in [0, 0.05) is 23.2 Å². The first-order valence-electron chi connectivity index (χ1n) is 8.25. The zero-order valence-electron chi connectivity index (χ0n) is 15.5. The van der Waals surface area contributed by atoms with Gasteiger partial charge in [-0.05, 0) is 34.7 Å². The molecule has 0 amide bonds. The van der Waals surface area contributed by atoms with E-state index >= 15 is 0 Å². The fourth-order valence-electron chi connectivity index (χ4n) is 2.67. The number of methoxy groups -OCH3 is 1. The van der Waals surface area contributed by atoms with Gasteiger partial charge in [-0.2, -0.15) is 0 Å². The number of aromatic nitrogens is 1. The lowest BCUT2D eigenvalue weighted by atomic mass is 9.82. The summed E-state index contributed by atoms with van der Waals surface area (Å²) in [6.07, 6.45) is 0.848. The molecule has 2 rings (SSSR count). The van der Waals surface area contributed by atoms with E-state index in [1.807, 2.05) is 12.1 Å². The molecule has 0 spiro atoms. The van der Waals surface area contributed by atoms with Gasteiger partial charge in [0.05, 0.1) is 7.11 Å². The van der Waals surface area contributed by atoms with E-state index in [1.54, 1.807) is 7.11 Å². The third-order valence-electron chi connectivity index (χ3n) is 4.08. The van der Waals surface area contributed by atoms with Gasteiger partial charge in [0.2, 0.25) is 0 Å². The van der Waals surface area contributed by atoms with Gasteiger partial charge in [0.25, 0.3) is 0 Å². The van der Waals surface area contributed by atoms with Gasteiger partial charge in [-0.25, -0.2) is 0 Å². The van der Waals surface area contributed by atoms with E-state index in [1.165, 1.54) is 16.8 Å². The normalized spacial score (nSPS) is 12.3. The second-order valence-corrected chi connectivity index (χ2v) is 8.22. The lowest BCUT2D eigenvalue weighted by Crippen LogP contribution is -2.20. The Morgan fingerprint density at radius 3 is 1.91 bits per heavy atom. The number of hydrogen-bond acceptors (Lipinski definition) is 2. The van der Waals surface area contributed by atoms with Crippen LogP contribution in [0.2, 0.25) is 0 Å². The number of ether oxygens (including phenoxy) is 1. The smallest absolute Gasteiger partial charge is 0.118 e. The molecule has 0 fully saturated rings. The molecule has 0 atom stereocenters. The molecule has 0 aliphatic rings. The van der Waals surface area contributed by atoms with E-state index < -0.39 is 0 Å². The molecule has 1 aromatic carbocycles. The summed E-state index contributed by atoms with van der Waals surface area (Å²) >= 11 is 0. The average Bonchev–Trinajstić information content (AvgIpc) is 2.46. The molecule has 0 N–H and O–H groups in total. The number of rotatable bonds is 3. The van der Waals surface area contributed by atoms with Crippen LogP contribution in [0.15, 0.2) is 36.4 Å². The van der Waals surface area contributed by atoms with Crippen LogP contribution in [0.3, 0.4) is 0 Å². The average molecular weight is 311 g/mol. The summed E-state index contributed by atoms with van der Waals surface area (Å²) in [6.45, 7) is 13.4. The van der Waals surface area contributed by atoms with Gasteiger partial charge in [-0.15, -0.1) is 0 Å². The van der Waals surface area contributed by atoms with Crippen LogP contribution in [0.1, 0.15) is 64.1 Å². The van der Waals surface area contributed by atoms with E-state index in [-0.39, 0.29) is 10.8 Å². The summed E-state index contributed by atoms with van der Waals surface area (Å²) in [7, 11) is 1.70. The first kappa shape index (κ1) is 17.5. The van der Waals surface area contributed by atoms with Crippen molar-refractivity contribution in [2.45, 2.75) is 58.8 Å². The van der Waals surface area contributed by atoms with Crippen molar-refractivity contribution in [3.8, 4) is 5.75 Å². The summed E-state index contributed by atoms with van der Waals surface area (Å²) in [5, 5.41) is 0. The Morgan fingerprint density at radius 1 is 0.826 bits per heavy atom. The predicted molar refractivity (Wildman–Crippen MR) is 97.4 cm³/mol. The molecule has 124 valence electrons. The molecule has 0 saturated heterocycles. The Labute approximate surface area is 140 Å². The number of nitrogens with zero attached hydrogens (tertiary/aromatic N) is 1. The van der Waals surface area contributed by atoms with Crippen LogP contribution in [0.5, 0.6) is 5.75 Å². The van der Waals surface area contributed by atoms with Gasteiger partial charge < -0.3 is 4.74 Å². The highest BCUT2D eigenvalue weighted by atomic mass is 16.5. The zero-order valence-corrected chi connectivity index (χ0v) is 15.5. The standard InChI is InChI=1S/C21H29NO/c1-20(2,3)17-12-13-19(21(4,5)6)22-18(17)14-15-8-10-16(23-7)11-9-15/h8-13H,14H2,1-7H3. The second-order valence-electron chi connectivity index (χ2n) is 8.22. The summed E-state index contributed by atoms with van der Waals surface area (Å²) in [6, 6.07) is 12.7. The Hall–Kier alpha value is -1.83. The quantitative estimate of drug-likeness (QED) is 0.769. The molecular formula is C21H29NO. The molecule has 0 radical (unpaired) electrons. The van der Waals surface area contributed by atoms with Crippen molar-refractivity contribution in [2.24, 2.45) is 0 Å². The van der Waals surface area contributed by atoms with Crippen molar-refractivity contribution in [3.63, 3.8) is 0 Å². The maximum absolute atomic E-state index is 5.25. The minimum atomic E-state index is 0.0606. The Bertz CT molecular complexity index is 658. The molecule has 2 heteroatoms. The Kier molecular flexibility index (Phi) is 4.84. The number of hydrogen-bond donors (Lipinski definition) is 0. The largest absolute Gasteiger partial charge is 0.497 e. The Balaban J connectivity index is 2.44. The highest BCUT2D eigenvalue weighted by molar-refractivity contribution is 5.36. The fourth-order valence-corrected chi connectivity index (χ4v) is 2.67. The maximum atomic E-state index is 5.25. The van der Waals surface area contributed by atoms with Gasteiger partial charge in [-0.1, -0.05) is 59.7 Å². The highest BCUT2D eigenvalue weighted by Gasteiger charge is 2.22. The monoisotopic (exact) mass is 311 g/mol. The van der Waals surface area contributed by atoms with Crippen molar-refractivity contribution in [1.29, 1.82) is 0 Å². The molecule has 0 bridgehead atoms. The molecule has 0 aliphatic carbocycles. The lowest BCUT2D eigenvalue weighted by molar-refractivity contribution is 0.414. The van der Waals surface area contributed by atoms with Crippen LogP contribution < -0.4 is 4.74 Å². The minimum absolute atomic E-state index is 0.0606. The minimum Gasteiger partial charge on any atom is -0.497 e. The van der Waals surface area contributed by atoms with Crippen LogP contribution in [-0.2, 0) is 17.3 Å². The van der Waals surface area contributed by atoms with Crippen LogP contribution in [-0.4, -0.2) is 12.1 Å². The molecule has 1 heterocycles. The third-order valence-corrected chi connectivity index (χ3v) is 4.08. The number of pyridine rings is 1. The van der Waals surface area contributed by atoms with Crippen molar-refractivity contribution in [1.82, 2.24) is 4.98 Å². The van der Waals surface area contributed by atoms with Crippen molar-refractivity contribution < 1.29 is 4.74 Å². The van der Waals surface area contributed by atoms with E-state index in [4.69, 9.17) is 9.72 Å².